The molecule has 1 aromatic carbocycles. The number of imide groups is 1. The molecule has 4 heterocycles. The van der Waals surface area contributed by atoms with Crippen molar-refractivity contribution in [2.24, 2.45) is 11.8 Å². The lowest BCUT2D eigenvalue weighted by atomic mass is 9.81. The summed E-state index contributed by atoms with van der Waals surface area (Å²) in [6.45, 7) is 6.31. The molecule has 0 saturated carbocycles. The molecule has 5 rings (SSSR count). The van der Waals surface area contributed by atoms with E-state index in [2.05, 4.69) is 32.0 Å². The van der Waals surface area contributed by atoms with Crippen LogP contribution in [0.15, 0.2) is 24.3 Å². The van der Waals surface area contributed by atoms with E-state index in [1.807, 2.05) is 19.1 Å². The Bertz CT molecular complexity index is 1050. The summed E-state index contributed by atoms with van der Waals surface area (Å²) in [5.41, 5.74) is 3.45. The quantitative estimate of drug-likeness (QED) is 0.668. The first-order valence-corrected chi connectivity index (χ1v) is 11.4. The Labute approximate surface area is 180 Å². The average molecular weight is 421 g/mol. The van der Waals surface area contributed by atoms with Gasteiger partial charge in [0.05, 0.1) is 29.6 Å². The summed E-state index contributed by atoms with van der Waals surface area (Å²) in [4.78, 5) is 28.6. The van der Waals surface area contributed by atoms with Gasteiger partial charge in [0.15, 0.2) is 0 Å². The van der Waals surface area contributed by atoms with E-state index in [9.17, 15) is 14.9 Å². The molecule has 30 heavy (non-hydrogen) atoms. The first-order valence-electron chi connectivity index (χ1n) is 10.6. The largest absolute Gasteiger partial charge is 0.373 e. The van der Waals surface area contributed by atoms with Crippen LogP contribution >= 0.6 is 11.3 Å². The Hall–Kier alpha value is -2.49. The van der Waals surface area contributed by atoms with Crippen molar-refractivity contribution >= 4 is 28.2 Å². The van der Waals surface area contributed by atoms with E-state index in [0.29, 0.717) is 16.5 Å². The fourth-order valence-electron chi connectivity index (χ4n) is 5.27. The second-order valence-corrected chi connectivity index (χ2v) is 9.81. The first kappa shape index (κ1) is 19.5. The van der Waals surface area contributed by atoms with Gasteiger partial charge in [0.1, 0.15) is 11.1 Å². The number of nitriles is 1. The highest BCUT2D eigenvalue weighted by Crippen LogP contribution is 2.52. The minimum Gasteiger partial charge on any atom is -0.373 e. The number of thiophene rings is 1. The number of carbonyl (C=O) groups excluding carboxylic acids is 2. The molecular formula is C24H24N2O3S. The van der Waals surface area contributed by atoms with Gasteiger partial charge in [0.25, 0.3) is 0 Å². The number of benzene rings is 1. The van der Waals surface area contributed by atoms with Crippen molar-refractivity contribution in [3.8, 4) is 17.2 Å². The van der Waals surface area contributed by atoms with Gasteiger partial charge < -0.3 is 4.74 Å². The van der Waals surface area contributed by atoms with Crippen molar-refractivity contribution in [3.63, 3.8) is 0 Å². The number of rotatable bonds is 4. The fourth-order valence-corrected chi connectivity index (χ4v) is 6.40. The molecular weight excluding hydrogens is 396 g/mol. The second kappa shape index (κ2) is 7.04. The van der Waals surface area contributed by atoms with E-state index in [0.717, 1.165) is 35.3 Å². The Balaban J connectivity index is 1.55. The number of hydrogen-bond acceptors (Lipinski definition) is 5. The lowest BCUT2D eigenvalue weighted by Gasteiger charge is -2.16. The number of nitrogens with zero attached hydrogens (tertiary/aromatic N) is 2. The van der Waals surface area contributed by atoms with Gasteiger partial charge >= 0.3 is 0 Å². The summed E-state index contributed by atoms with van der Waals surface area (Å²) >= 11 is 1.36. The molecule has 3 saturated heterocycles. The van der Waals surface area contributed by atoms with E-state index in [1.165, 1.54) is 21.8 Å². The molecule has 2 amide bonds. The normalized spacial score (nSPS) is 28.1. The predicted molar refractivity (Wildman–Crippen MR) is 115 cm³/mol. The highest BCUT2D eigenvalue weighted by molar-refractivity contribution is 7.17. The van der Waals surface area contributed by atoms with E-state index in [-0.39, 0.29) is 35.9 Å². The molecule has 5 nitrogen and oxygen atoms in total. The van der Waals surface area contributed by atoms with Gasteiger partial charge in [-0.1, -0.05) is 38.1 Å². The van der Waals surface area contributed by atoms with Crippen LogP contribution in [0.2, 0.25) is 0 Å². The van der Waals surface area contributed by atoms with Crippen LogP contribution in [0.3, 0.4) is 0 Å². The van der Waals surface area contributed by atoms with Gasteiger partial charge in [-0.3, -0.25) is 9.59 Å². The summed E-state index contributed by atoms with van der Waals surface area (Å²) in [5.74, 6) is -0.695. The van der Waals surface area contributed by atoms with Gasteiger partial charge in [-0.15, -0.1) is 11.3 Å². The van der Waals surface area contributed by atoms with Crippen LogP contribution in [0.5, 0.6) is 0 Å². The fraction of sp³-hybridized carbons (Fsp3) is 0.458. The van der Waals surface area contributed by atoms with E-state index >= 15 is 0 Å². The molecule has 6 heteroatoms. The molecule has 2 aromatic rings. The molecule has 0 spiro atoms. The maximum Gasteiger partial charge on any atom is 0.241 e. The zero-order chi connectivity index (χ0) is 21.2. The van der Waals surface area contributed by atoms with Crippen LogP contribution in [0.4, 0.5) is 5.00 Å². The standard InChI is InChI=1S/C24H24N2O3S/c1-4-12(2)14-5-7-15(8-6-14)19-13(3)30-24(16(19)11-25)26-22(27)20-17-9-10-18(29-17)21(20)23(26)28/h5-8,12,17-18,20-21H,4,9-10H2,1-3H3/t12-,17-,18+,20+,21-/m1/s1. The lowest BCUT2D eigenvalue weighted by Crippen LogP contribution is -2.34. The van der Waals surface area contributed by atoms with Crippen molar-refractivity contribution in [2.75, 3.05) is 4.90 Å². The van der Waals surface area contributed by atoms with Crippen LogP contribution in [-0.4, -0.2) is 24.0 Å². The zero-order valence-electron chi connectivity index (χ0n) is 17.3. The number of hydrogen-bond donors (Lipinski definition) is 0. The van der Waals surface area contributed by atoms with Crippen molar-refractivity contribution in [1.82, 2.24) is 0 Å². The van der Waals surface area contributed by atoms with Crippen LogP contribution in [-0.2, 0) is 14.3 Å². The van der Waals surface area contributed by atoms with Crippen molar-refractivity contribution in [3.05, 3.63) is 40.3 Å². The predicted octanol–water partition coefficient (Wildman–Crippen LogP) is 4.78. The number of carbonyl (C=O) groups is 2. The molecule has 0 unspecified atom stereocenters. The molecule has 0 radical (unpaired) electrons. The second-order valence-electron chi connectivity index (χ2n) is 8.61. The number of fused-ring (bicyclic) bond motifs is 5. The number of aryl methyl sites for hydroxylation is 1. The highest BCUT2D eigenvalue weighted by Gasteiger charge is 2.63. The minimum atomic E-state index is -0.386. The molecule has 0 N–H and O–H groups in total. The van der Waals surface area contributed by atoms with Gasteiger partial charge in [-0.2, -0.15) is 5.26 Å². The van der Waals surface area contributed by atoms with Crippen molar-refractivity contribution in [1.29, 1.82) is 5.26 Å². The molecule has 2 bridgehead atoms. The Morgan fingerprint density at radius 1 is 1.17 bits per heavy atom. The first-order chi connectivity index (χ1) is 14.5. The maximum atomic E-state index is 13.2. The third-order valence-corrected chi connectivity index (χ3v) is 8.14. The van der Waals surface area contributed by atoms with Gasteiger partial charge in [-0.05, 0) is 43.2 Å². The topological polar surface area (TPSA) is 70.4 Å². The van der Waals surface area contributed by atoms with Crippen molar-refractivity contribution in [2.45, 2.75) is 58.2 Å². The molecule has 0 aliphatic carbocycles. The third-order valence-electron chi connectivity index (χ3n) is 7.05. The summed E-state index contributed by atoms with van der Waals surface area (Å²) in [6, 6.07) is 10.6. The van der Waals surface area contributed by atoms with Crippen LogP contribution in [0, 0.1) is 30.1 Å². The summed E-state index contributed by atoms with van der Waals surface area (Å²) < 4.78 is 5.83. The molecule has 5 atom stereocenters. The molecule has 3 aliphatic heterocycles. The molecule has 1 aromatic heterocycles. The Morgan fingerprint density at radius 3 is 2.30 bits per heavy atom. The number of amides is 2. The van der Waals surface area contributed by atoms with Gasteiger partial charge in [0, 0.05) is 10.4 Å². The lowest BCUT2D eigenvalue weighted by molar-refractivity contribution is -0.124. The number of ether oxygens (including phenoxy) is 1. The Morgan fingerprint density at radius 2 is 1.77 bits per heavy atom. The monoisotopic (exact) mass is 420 g/mol. The molecule has 3 fully saturated rings. The van der Waals surface area contributed by atoms with E-state index in [1.54, 1.807) is 0 Å². The van der Waals surface area contributed by atoms with E-state index < -0.39 is 0 Å². The van der Waals surface area contributed by atoms with Crippen LogP contribution in [0.25, 0.3) is 11.1 Å². The summed E-state index contributed by atoms with van der Waals surface area (Å²) in [7, 11) is 0. The minimum absolute atomic E-state index is 0.152. The van der Waals surface area contributed by atoms with E-state index in [4.69, 9.17) is 4.74 Å². The summed E-state index contributed by atoms with van der Waals surface area (Å²) in [5, 5.41) is 10.5. The van der Waals surface area contributed by atoms with Gasteiger partial charge in [-0.25, -0.2) is 4.90 Å². The van der Waals surface area contributed by atoms with Crippen molar-refractivity contribution < 1.29 is 14.3 Å². The number of anilines is 1. The van der Waals surface area contributed by atoms with Crippen LogP contribution < -0.4 is 4.90 Å². The smallest absolute Gasteiger partial charge is 0.241 e. The molecule has 3 aliphatic rings. The van der Waals surface area contributed by atoms with Crippen LogP contribution in [0.1, 0.15) is 55.0 Å². The van der Waals surface area contributed by atoms with Gasteiger partial charge in [0.2, 0.25) is 11.8 Å². The highest BCUT2D eigenvalue weighted by atomic mass is 32.1. The maximum absolute atomic E-state index is 13.2. The average Bonchev–Trinajstić information content (AvgIpc) is 3.50. The SMILES string of the molecule is CC[C@@H](C)c1ccc(-c2c(C)sc(N3C(=O)[C@@H]4[C@H](C3=O)[C@@H]3CC[C@H]4O3)c2C#N)cc1. The molecule has 154 valence electrons. The Kier molecular flexibility index (Phi) is 4.57. The third kappa shape index (κ3) is 2.62. The summed E-state index contributed by atoms with van der Waals surface area (Å²) in [6.07, 6.45) is 2.43. The zero-order valence-corrected chi connectivity index (χ0v) is 18.2.